The summed E-state index contributed by atoms with van der Waals surface area (Å²) in [6.45, 7) is 5.46. The van der Waals surface area contributed by atoms with Crippen LogP contribution in [0.1, 0.15) is 48.4 Å². The maximum Gasteiger partial charge on any atom is 0.253 e. The van der Waals surface area contributed by atoms with Crippen LogP contribution in [0, 0.1) is 5.82 Å². The molecule has 1 unspecified atom stereocenters. The molecule has 1 atom stereocenters. The molecule has 1 aliphatic heterocycles. The fourth-order valence-electron chi connectivity index (χ4n) is 3.76. The Morgan fingerprint density at radius 2 is 2.15 bits per heavy atom. The van der Waals surface area contributed by atoms with Crippen molar-refractivity contribution in [3.63, 3.8) is 0 Å². The van der Waals surface area contributed by atoms with Crippen LogP contribution in [0.2, 0.25) is 5.02 Å². The van der Waals surface area contributed by atoms with Crippen LogP contribution in [0.3, 0.4) is 0 Å². The van der Waals surface area contributed by atoms with Crippen LogP contribution >= 0.6 is 11.6 Å². The van der Waals surface area contributed by atoms with Gasteiger partial charge in [0.25, 0.3) is 5.91 Å². The van der Waals surface area contributed by atoms with Crippen molar-refractivity contribution in [3.8, 4) is 0 Å². The SMILES string of the molecule is CC(C)n1c(C2CCN(C(=O)c3ccc(F)c(Cl)c3)C2)nc2ccncc21. The predicted molar refractivity (Wildman–Crippen MR) is 103 cm³/mol. The van der Waals surface area contributed by atoms with Crippen LogP contribution in [0.15, 0.2) is 36.7 Å². The van der Waals surface area contributed by atoms with Gasteiger partial charge in [-0.25, -0.2) is 9.37 Å². The molecule has 1 fully saturated rings. The number of fused-ring (bicyclic) bond motifs is 1. The smallest absolute Gasteiger partial charge is 0.253 e. The number of benzene rings is 1. The maximum atomic E-state index is 13.4. The number of aromatic nitrogens is 3. The third kappa shape index (κ3) is 3.18. The van der Waals surface area contributed by atoms with Gasteiger partial charge in [-0.05, 0) is 44.5 Å². The van der Waals surface area contributed by atoms with E-state index in [0.717, 1.165) is 23.3 Å². The summed E-state index contributed by atoms with van der Waals surface area (Å²) in [6, 6.07) is 6.26. The number of likely N-dealkylation sites (tertiary alicyclic amines) is 1. The van der Waals surface area contributed by atoms with Gasteiger partial charge in [-0.3, -0.25) is 9.78 Å². The standard InChI is InChI=1S/C20H20ClFN4O/c1-12(2)26-18-10-23-7-5-17(18)24-19(26)14-6-8-25(11-14)20(27)13-3-4-16(22)15(21)9-13/h3-5,7,9-10,12,14H,6,8,11H2,1-2H3. The molecule has 0 radical (unpaired) electrons. The van der Waals surface area contributed by atoms with E-state index in [2.05, 4.69) is 23.4 Å². The zero-order valence-corrected chi connectivity index (χ0v) is 15.9. The Hall–Kier alpha value is -2.47. The summed E-state index contributed by atoms with van der Waals surface area (Å²) in [5, 5.41) is -0.0364. The van der Waals surface area contributed by atoms with E-state index in [-0.39, 0.29) is 22.9 Å². The van der Waals surface area contributed by atoms with Gasteiger partial charge in [0.05, 0.1) is 22.3 Å². The zero-order valence-electron chi connectivity index (χ0n) is 15.2. The minimum absolute atomic E-state index is 0.0364. The molecular weight excluding hydrogens is 367 g/mol. The molecule has 1 amide bonds. The molecule has 0 bridgehead atoms. The van der Waals surface area contributed by atoms with Crippen molar-refractivity contribution >= 4 is 28.5 Å². The molecule has 0 aliphatic carbocycles. The number of carbonyl (C=O) groups is 1. The highest BCUT2D eigenvalue weighted by atomic mass is 35.5. The van der Waals surface area contributed by atoms with E-state index in [1.165, 1.54) is 18.2 Å². The molecule has 0 N–H and O–H groups in total. The molecule has 1 aliphatic rings. The van der Waals surface area contributed by atoms with Gasteiger partial charge in [0.15, 0.2) is 0 Å². The lowest BCUT2D eigenvalue weighted by atomic mass is 10.1. The van der Waals surface area contributed by atoms with Crippen molar-refractivity contribution < 1.29 is 9.18 Å². The van der Waals surface area contributed by atoms with Crippen LogP contribution in [-0.2, 0) is 0 Å². The Bertz CT molecular complexity index is 1020. The minimum atomic E-state index is -0.522. The van der Waals surface area contributed by atoms with Gasteiger partial charge in [0.1, 0.15) is 11.6 Å². The van der Waals surface area contributed by atoms with Crippen molar-refractivity contribution in [1.29, 1.82) is 0 Å². The molecule has 1 aromatic carbocycles. The van der Waals surface area contributed by atoms with Crippen LogP contribution in [0.5, 0.6) is 0 Å². The Morgan fingerprint density at radius 3 is 2.89 bits per heavy atom. The number of hydrogen-bond acceptors (Lipinski definition) is 3. The van der Waals surface area contributed by atoms with E-state index < -0.39 is 5.82 Å². The molecule has 3 heterocycles. The average molecular weight is 387 g/mol. The van der Waals surface area contributed by atoms with Gasteiger partial charge in [0.2, 0.25) is 0 Å². The second-order valence-corrected chi connectivity index (χ2v) is 7.57. The Kier molecular flexibility index (Phi) is 4.60. The number of pyridine rings is 1. The third-order valence-electron chi connectivity index (χ3n) is 5.04. The topological polar surface area (TPSA) is 51.0 Å². The van der Waals surface area contributed by atoms with Gasteiger partial charge in [-0.1, -0.05) is 11.6 Å². The molecule has 4 rings (SSSR count). The summed E-state index contributed by atoms with van der Waals surface area (Å²) >= 11 is 5.82. The predicted octanol–water partition coefficient (Wildman–Crippen LogP) is 4.43. The van der Waals surface area contributed by atoms with Crippen molar-refractivity contribution in [2.24, 2.45) is 0 Å². The normalized spacial score (nSPS) is 17.2. The molecule has 3 aromatic rings. The molecule has 0 spiro atoms. The summed E-state index contributed by atoms with van der Waals surface area (Å²) < 4.78 is 15.6. The van der Waals surface area contributed by atoms with Crippen molar-refractivity contribution in [3.05, 3.63) is 58.9 Å². The summed E-state index contributed by atoms with van der Waals surface area (Å²) in [5.41, 5.74) is 2.34. The number of hydrogen-bond donors (Lipinski definition) is 0. The van der Waals surface area contributed by atoms with Gasteiger partial charge in [-0.15, -0.1) is 0 Å². The molecule has 27 heavy (non-hydrogen) atoms. The molecule has 1 saturated heterocycles. The first kappa shape index (κ1) is 17.9. The monoisotopic (exact) mass is 386 g/mol. The Morgan fingerprint density at radius 1 is 1.33 bits per heavy atom. The molecule has 0 saturated carbocycles. The first-order valence-corrected chi connectivity index (χ1v) is 9.39. The first-order chi connectivity index (χ1) is 13.0. The molecule has 140 valence electrons. The molecule has 2 aromatic heterocycles. The zero-order chi connectivity index (χ0) is 19.1. The number of halogens is 2. The van der Waals surface area contributed by atoms with E-state index in [4.69, 9.17) is 16.6 Å². The van der Waals surface area contributed by atoms with Crippen molar-refractivity contribution in [2.45, 2.75) is 32.2 Å². The largest absolute Gasteiger partial charge is 0.338 e. The van der Waals surface area contributed by atoms with Crippen LogP contribution < -0.4 is 0 Å². The third-order valence-corrected chi connectivity index (χ3v) is 5.33. The second-order valence-electron chi connectivity index (χ2n) is 7.16. The van der Waals surface area contributed by atoms with Crippen molar-refractivity contribution in [2.75, 3.05) is 13.1 Å². The van der Waals surface area contributed by atoms with Crippen LogP contribution in [-0.4, -0.2) is 38.4 Å². The van der Waals surface area contributed by atoms with Crippen molar-refractivity contribution in [1.82, 2.24) is 19.4 Å². The average Bonchev–Trinajstić information content (AvgIpc) is 3.27. The number of imidazole rings is 1. The summed E-state index contributed by atoms with van der Waals surface area (Å²) in [6.07, 6.45) is 4.42. The summed E-state index contributed by atoms with van der Waals surface area (Å²) in [5.74, 6) is 0.486. The van der Waals surface area contributed by atoms with E-state index in [1.807, 2.05) is 12.3 Å². The van der Waals surface area contributed by atoms with Gasteiger partial charge < -0.3 is 9.47 Å². The minimum Gasteiger partial charge on any atom is -0.338 e. The van der Waals surface area contributed by atoms with Gasteiger partial charge in [-0.2, -0.15) is 0 Å². The highest BCUT2D eigenvalue weighted by Crippen LogP contribution is 2.32. The number of carbonyl (C=O) groups excluding carboxylic acids is 1. The molecular formula is C20H20ClFN4O. The van der Waals surface area contributed by atoms with E-state index in [0.29, 0.717) is 18.7 Å². The van der Waals surface area contributed by atoms with Gasteiger partial charge >= 0.3 is 0 Å². The molecule has 5 nitrogen and oxygen atoms in total. The number of rotatable bonds is 3. The quantitative estimate of drug-likeness (QED) is 0.668. The Balaban J connectivity index is 1.61. The van der Waals surface area contributed by atoms with E-state index in [1.54, 1.807) is 11.1 Å². The lowest BCUT2D eigenvalue weighted by molar-refractivity contribution is 0.0790. The fraction of sp³-hybridized carbons (Fsp3) is 0.350. The number of amides is 1. The lowest BCUT2D eigenvalue weighted by Gasteiger charge is -2.19. The lowest BCUT2D eigenvalue weighted by Crippen LogP contribution is -2.28. The fourth-order valence-corrected chi connectivity index (χ4v) is 3.94. The highest BCUT2D eigenvalue weighted by molar-refractivity contribution is 6.31. The maximum absolute atomic E-state index is 13.4. The van der Waals surface area contributed by atoms with Gasteiger partial charge in [0, 0.05) is 36.8 Å². The highest BCUT2D eigenvalue weighted by Gasteiger charge is 2.32. The first-order valence-electron chi connectivity index (χ1n) is 9.02. The van der Waals surface area contributed by atoms with Crippen LogP contribution in [0.25, 0.3) is 11.0 Å². The van der Waals surface area contributed by atoms with E-state index >= 15 is 0 Å². The van der Waals surface area contributed by atoms with Crippen LogP contribution in [0.4, 0.5) is 4.39 Å². The summed E-state index contributed by atoms with van der Waals surface area (Å²) in [4.78, 5) is 23.6. The molecule has 7 heteroatoms. The number of nitrogens with zero attached hydrogens (tertiary/aromatic N) is 4. The second kappa shape index (κ2) is 6.93. The van der Waals surface area contributed by atoms with E-state index in [9.17, 15) is 9.18 Å². The summed E-state index contributed by atoms with van der Waals surface area (Å²) in [7, 11) is 0. The Labute approximate surface area is 161 Å².